The van der Waals surface area contributed by atoms with E-state index in [2.05, 4.69) is 5.32 Å². The van der Waals surface area contributed by atoms with Crippen LogP contribution in [0, 0.1) is 5.82 Å². The average Bonchev–Trinajstić information content (AvgIpc) is 2.76. The molecular formula is C23H23FN2O4S. The van der Waals surface area contributed by atoms with Crippen LogP contribution in [0.4, 0.5) is 10.1 Å². The third-order valence-corrected chi connectivity index (χ3v) is 5.60. The SMILES string of the molecule is CS(=O)(=O)N(Cc1ccccc1)c1ccc(C(=O)NCCOc2ccc(F)cc2)cc1. The summed E-state index contributed by atoms with van der Waals surface area (Å²) in [6, 6.07) is 21.3. The monoisotopic (exact) mass is 442 g/mol. The molecule has 0 bridgehead atoms. The third kappa shape index (κ3) is 6.55. The summed E-state index contributed by atoms with van der Waals surface area (Å²) in [5.74, 6) is -0.134. The first-order chi connectivity index (χ1) is 14.8. The van der Waals surface area contributed by atoms with Gasteiger partial charge in [0.15, 0.2) is 0 Å². The number of benzene rings is 3. The third-order valence-electron chi connectivity index (χ3n) is 4.46. The Morgan fingerprint density at radius 1 is 0.968 bits per heavy atom. The summed E-state index contributed by atoms with van der Waals surface area (Å²) < 4.78 is 44.2. The minimum Gasteiger partial charge on any atom is -0.492 e. The molecule has 3 aromatic rings. The van der Waals surface area contributed by atoms with E-state index in [9.17, 15) is 17.6 Å². The molecule has 0 saturated heterocycles. The molecule has 3 aromatic carbocycles. The Hall–Kier alpha value is -3.39. The number of rotatable bonds is 9. The van der Waals surface area contributed by atoms with Crippen molar-refractivity contribution >= 4 is 21.6 Å². The summed E-state index contributed by atoms with van der Waals surface area (Å²) in [5.41, 5.74) is 1.73. The number of sulfonamides is 1. The lowest BCUT2D eigenvalue weighted by Gasteiger charge is -2.22. The number of carbonyl (C=O) groups excluding carboxylic acids is 1. The molecule has 1 amide bonds. The summed E-state index contributed by atoms with van der Waals surface area (Å²) in [6.45, 7) is 0.696. The molecular weight excluding hydrogens is 419 g/mol. The van der Waals surface area contributed by atoms with Gasteiger partial charge in [-0.05, 0) is 54.1 Å². The highest BCUT2D eigenvalue weighted by Crippen LogP contribution is 2.21. The summed E-state index contributed by atoms with van der Waals surface area (Å²) in [7, 11) is -3.50. The Morgan fingerprint density at radius 2 is 1.61 bits per heavy atom. The normalized spacial score (nSPS) is 11.0. The highest BCUT2D eigenvalue weighted by molar-refractivity contribution is 7.92. The second-order valence-electron chi connectivity index (χ2n) is 6.86. The number of carbonyl (C=O) groups is 1. The van der Waals surface area contributed by atoms with Gasteiger partial charge in [-0.15, -0.1) is 0 Å². The molecule has 0 heterocycles. The summed E-state index contributed by atoms with van der Waals surface area (Å²) in [6.07, 6.45) is 1.15. The van der Waals surface area contributed by atoms with Gasteiger partial charge in [-0.1, -0.05) is 30.3 Å². The van der Waals surface area contributed by atoms with E-state index in [1.165, 1.54) is 28.6 Å². The lowest BCUT2D eigenvalue weighted by Crippen LogP contribution is -2.30. The maximum Gasteiger partial charge on any atom is 0.251 e. The van der Waals surface area contributed by atoms with Gasteiger partial charge in [0.1, 0.15) is 18.2 Å². The van der Waals surface area contributed by atoms with Gasteiger partial charge in [0.2, 0.25) is 10.0 Å². The van der Waals surface area contributed by atoms with Crippen LogP contribution < -0.4 is 14.4 Å². The van der Waals surface area contributed by atoms with Crippen LogP contribution in [-0.4, -0.2) is 33.7 Å². The molecule has 0 spiro atoms. The van der Waals surface area contributed by atoms with Crippen molar-refractivity contribution in [2.24, 2.45) is 0 Å². The van der Waals surface area contributed by atoms with E-state index in [-0.39, 0.29) is 31.4 Å². The van der Waals surface area contributed by atoms with Crippen molar-refractivity contribution in [3.05, 3.63) is 95.8 Å². The Labute approximate surface area is 181 Å². The lowest BCUT2D eigenvalue weighted by atomic mass is 10.2. The number of anilines is 1. The van der Waals surface area contributed by atoms with Crippen molar-refractivity contribution in [1.82, 2.24) is 5.32 Å². The Kier molecular flexibility index (Phi) is 7.25. The van der Waals surface area contributed by atoms with Gasteiger partial charge < -0.3 is 10.1 Å². The fraction of sp³-hybridized carbons (Fsp3) is 0.174. The van der Waals surface area contributed by atoms with Crippen molar-refractivity contribution in [2.75, 3.05) is 23.7 Å². The first kappa shape index (κ1) is 22.3. The molecule has 6 nitrogen and oxygen atoms in total. The molecule has 8 heteroatoms. The molecule has 0 aliphatic heterocycles. The molecule has 0 unspecified atom stereocenters. The second kappa shape index (κ2) is 10.1. The smallest absolute Gasteiger partial charge is 0.251 e. The van der Waals surface area contributed by atoms with E-state index in [0.29, 0.717) is 17.0 Å². The highest BCUT2D eigenvalue weighted by Gasteiger charge is 2.18. The average molecular weight is 443 g/mol. The highest BCUT2D eigenvalue weighted by atomic mass is 32.2. The van der Waals surface area contributed by atoms with Gasteiger partial charge in [0, 0.05) is 5.56 Å². The second-order valence-corrected chi connectivity index (χ2v) is 8.77. The van der Waals surface area contributed by atoms with E-state index < -0.39 is 10.0 Å². The van der Waals surface area contributed by atoms with Crippen LogP contribution in [0.2, 0.25) is 0 Å². The quantitative estimate of drug-likeness (QED) is 0.514. The minimum absolute atomic E-state index is 0.200. The van der Waals surface area contributed by atoms with Gasteiger partial charge >= 0.3 is 0 Å². The molecule has 0 radical (unpaired) electrons. The Bertz CT molecular complexity index is 1100. The van der Waals surface area contributed by atoms with Gasteiger partial charge in [-0.25, -0.2) is 12.8 Å². The standard InChI is InChI=1S/C23H23FN2O4S/c1-31(28,29)26(17-18-5-3-2-4-6-18)21-11-7-19(8-12-21)23(27)25-15-16-30-22-13-9-20(24)10-14-22/h2-14H,15-17H2,1H3,(H,25,27). The zero-order chi connectivity index (χ0) is 22.3. The van der Waals surface area contributed by atoms with E-state index in [0.717, 1.165) is 11.8 Å². The van der Waals surface area contributed by atoms with Gasteiger partial charge in [-0.3, -0.25) is 9.10 Å². The van der Waals surface area contributed by atoms with Crippen LogP contribution in [0.5, 0.6) is 5.75 Å². The van der Waals surface area contributed by atoms with Gasteiger partial charge in [-0.2, -0.15) is 0 Å². The number of nitrogens with zero attached hydrogens (tertiary/aromatic N) is 1. The van der Waals surface area contributed by atoms with E-state index in [1.54, 1.807) is 24.3 Å². The minimum atomic E-state index is -3.50. The number of amides is 1. The topological polar surface area (TPSA) is 75.7 Å². The number of hydrogen-bond donors (Lipinski definition) is 1. The van der Waals surface area contributed by atoms with E-state index in [4.69, 9.17) is 4.74 Å². The zero-order valence-corrected chi connectivity index (χ0v) is 17.8. The molecule has 0 aliphatic carbocycles. The Morgan fingerprint density at radius 3 is 2.23 bits per heavy atom. The fourth-order valence-corrected chi connectivity index (χ4v) is 3.78. The van der Waals surface area contributed by atoms with E-state index >= 15 is 0 Å². The fourth-order valence-electron chi connectivity index (χ4n) is 2.89. The zero-order valence-electron chi connectivity index (χ0n) is 17.0. The maximum absolute atomic E-state index is 12.9. The van der Waals surface area contributed by atoms with Crippen molar-refractivity contribution in [3.63, 3.8) is 0 Å². The van der Waals surface area contributed by atoms with Crippen molar-refractivity contribution in [1.29, 1.82) is 0 Å². The van der Waals surface area contributed by atoms with Crippen LogP contribution in [0.1, 0.15) is 15.9 Å². The Balaban J connectivity index is 1.58. The van der Waals surface area contributed by atoms with Crippen molar-refractivity contribution in [2.45, 2.75) is 6.54 Å². The molecule has 162 valence electrons. The molecule has 0 saturated carbocycles. The van der Waals surface area contributed by atoms with E-state index in [1.807, 2.05) is 30.3 Å². The van der Waals surface area contributed by atoms with Gasteiger partial charge in [0.25, 0.3) is 5.91 Å². The molecule has 0 fully saturated rings. The predicted molar refractivity (Wildman–Crippen MR) is 118 cm³/mol. The van der Waals surface area contributed by atoms with Gasteiger partial charge in [0.05, 0.1) is 25.0 Å². The molecule has 3 rings (SSSR count). The predicted octanol–water partition coefficient (Wildman–Crippen LogP) is 3.60. The first-order valence-corrected chi connectivity index (χ1v) is 11.5. The summed E-state index contributed by atoms with van der Waals surface area (Å²) >= 11 is 0. The number of ether oxygens (including phenoxy) is 1. The number of halogens is 1. The summed E-state index contributed by atoms with van der Waals surface area (Å²) in [5, 5.41) is 2.73. The summed E-state index contributed by atoms with van der Waals surface area (Å²) in [4.78, 5) is 12.3. The molecule has 31 heavy (non-hydrogen) atoms. The van der Waals surface area contributed by atoms with Crippen LogP contribution >= 0.6 is 0 Å². The molecule has 0 aliphatic rings. The molecule has 0 atom stereocenters. The van der Waals surface area contributed by atoms with Crippen molar-refractivity contribution < 1.29 is 22.3 Å². The molecule has 0 aromatic heterocycles. The van der Waals surface area contributed by atoms with Crippen LogP contribution in [-0.2, 0) is 16.6 Å². The molecule has 1 N–H and O–H groups in total. The maximum atomic E-state index is 12.9. The number of hydrogen-bond acceptors (Lipinski definition) is 4. The largest absolute Gasteiger partial charge is 0.492 e. The van der Waals surface area contributed by atoms with Crippen LogP contribution in [0.15, 0.2) is 78.9 Å². The lowest BCUT2D eigenvalue weighted by molar-refractivity contribution is 0.0947. The van der Waals surface area contributed by atoms with Crippen LogP contribution in [0.25, 0.3) is 0 Å². The van der Waals surface area contributed by atoms with Crippen molar-refractivity contribution in [3.8, 4) is 5.75 Å². The first-order valence-electron chi connectivity index (χ1n) is 9.61. The number of nitrogens with one attached hydrogen (secondary N) is 1. The van der Waals surface area contributed by atoms with Crippen LogP contribution in [0.3, 0.4) is 0 Å².